The first kappa shape index (κ1) is 14.0. The van der Waals surface area contributed by atoms with Crippen molar-refractivity contribution in [1.82, 2.24) is 5.32 Å². The summed E-state index contributed by atoms with van der Waals surface area (Å²) in [4.78, 5) is 23.1. The van der Waals surface area contributed by atoms with E-state index < -0.39 is 12.0 Å². The summed E-state index contributed by atoms with van der Waals surface area (Å²) in [5, 5.41) is 2.65. The van der Waals surface area contributed by atoms with Crippen LogP contribution < -0.4 is 11.1 Å². The van der Waals surface area contributed by atoms with Crippen molar-refractivity contribution < 1.29 is 14.3 Å². The van der Waals surface area contributed by atoms with Crippen molar-refractivity contribution in [2.45, 2.75) is 45.6 Å². The SMILES string of the molecule is CCOC(=O)C(C)NC(=O)CC1(CN)CCC1. The third-order valence-electron chi connectivity index (χ3n) is 3.40. The molecule has 1 amide bonds. The minimum Gasteiger partial charge on any atom is -0.464 e. The van der Waals surface area contributed by atoms with E-state index >= 15 is 0 Å². The summed E-state index contributed by atoms with van der Waals surface area (Å²) in [6.45, 7) is 4.23. The highest BCUT2D eigenvalue weighted by Gasteiger charge is 2.37. The molecule has 1 saturated carbocycles. The summed E-state index contributed by atoms with van der Waals surface area (Å²) in [7, 11) is 0. The van der Waals surface area contributed by atoms with Gasteiger partial charge in [0.25, 0.3) is 0 Å². The van der Waals surface area contributed by atoms with Gasteiger partial charge in [-0.2, -0.15) is 0 Å². The molecule has 1 unspecified atom stereocenters. The van der Waals surface area contributed by atoms with E-state index in [1.165, 1.54) is 0 Å². The quantitative estimate of drug-likeness (QED) is 0.667. The first-order chi connectivity index (χ1) is 8.03. The predicted molar refractivity (Wildman–Crippen MR) is 64.2 cm³/mol. The molecule has 0 aliphatic heterocycles. The minimum absolute atomic E-state index is 0.0293. The summed E-state index contributed by atoms with van der Waals surface area (Å²) >= 11 is 0. The number of hydrogen-bond donors (Lipinski definition) is 2. The van der Waals surface area contributed by atoms with Crippen LogP contribution in [0.25, 0.3) is 0 Å². The summed E-state index contributed by atoms with van der Waals surface area (Å²) in [6, 6.07) is -0.586. The van der Waals surface area contributed by atoms with Crippen molar-refractivity contribution in [3.05, 3.63) is 0 Å². The first-order valence-electron chi connectivity index (χ1n) is 6.19. The van der Waals surface area contributed by atoms with E-state index in [1.54, 1.807) is 13.8 Å². The molecule has 0 radical (unpaired) electrons. The molecule has 0 aromatic rings. The Balaban J connectivity index is 2.36. The van der Waals surface area contributed by atoms with Gasteiger partial charge in [0.2, 0.25) is 5.91 Å². The topological polar surface area (TPSA) is 81.4 Å². The Labute approximate surface area is 102 Å². The van der Waals surface area contributed by atoms with Gasteiger partial charge in [-0.25, -0.2) is 4.79 Å². The molecule has 1 aliphatic rings. The van der Waals surface area contributed by atoms with Gasteiger partial charge in [-0.3, -0.25) is 4.79 Å². The normalized spacial score (nSPS) is 19.0. The van der Waals surface area contributed by atoms with E-state index in [0.29, 0.717) is 19.6 Å². The fourth-order valence-corrected chi connectivity index (χ4v) is 2.09. The fraction of sp³-hybridized carbons (Fsp3) is 0.833. The van der Waals surface area contributed by atoms with Gasteiger partial charge in [-0.15, -0.1) is 0 Å². The van der Waals surface area contributed by atoms with Crippen LogP contribution in [0.5, 0.6) is 0 Å². The zero-order chi connectivity index (χ0) is 12.9. The molecule has 5 heteroatoms. The number of esters is 1. The van der Waals surface area contributed by atoms with E-state index in [4.69, 9.17) is 10.5 Å². The van der Waals surface area contributed by atoms with Crippen LogP contribution in [0.3, 0.4) is 0 Å². The van der Waals surface area contributed by atoms with Gasteiger partial charge in [-0.1, -0.05) is 6.42 Å². The lowest BCUT2D eigenvalue weighted by atomic mass is 9.66. The van der Waals surface area contributed by atoms with Gasteiger partial charge in [0.15, 0.2) is 0 Å². The van der Waals surface area contributed by atoms with Crippen LogP contribution in [-0.2, 0) is 14.3 Å². The summed E-state index contributed by atoms with van der Waals surface area (Å²) in [5.41, 5.74) is 5.65. The molecule has 1 rings (SSSR count). The molecule has 1 fully saturated rings. The fourth-order valence-electron chi connectivity index (χ4n) is 2.09. The molecule has 98 valence electrons. The molecule has 0 spiro atoms. The lowest BCUT2D eigenvalue weighted by molar-refractivity contribution is -0.147. The maximum atomic E-state index is 11.8. The van der Waals surface area contributed by atoms with Crippen LogP contribution in [0.2, 0.25) is 0 Å². The predicted octanol–water partition coefficient (Wildman–Crippen LogP) is 0.573. The van der Waals surface area contributed by atoms with Crippen LogP contribution in [0.1, 0.15) is 39.5 Å². The Bertz CT molecular complexity index is 282. The number of carbonyl (C=O) groups is 2. The second-order valence-corrected chi connectivity index (χ2v) is 4.78. The van der Waals surface area contributed by atoms with Crippen molar-refractivity contribution in [2.24, 2.45) is 11.1 Å². The van der Waals surface area contributed by atoms with Gasteiger partial charge in [0, 0.05) is 6.42 Å². The van der Waals surface area contributed by atoms with Gasteiger partial charge in [-0.05, 0) is 38.6 Å². The molecule has 17 heavy (non-hydrogen) atoms. The lowest BCUT2D eigenvalue weighted by Crippen LogP contribution is -2.45. The van der Waals surface area contributed by atoms with Crippen LogP contribution in [-0.4, -0.2) is 31.1 Å². The second kappa shape index (κ2) is 6.00. The molecular weight excluding hydrogens is 220 g/mol. The van der Waals surface area contributed by atoms with E-state index in [9.17, 15) is 9.59 Å². The van der Waals surface area contributed by atoms with Gasteiger partial charge >= 0.3 is 5.97 Å². The molecule has 0 saturated heterocycles. The summed E-state index contributed by atoms with van der Waals surface area (Å²) in [5.74, 6) is -0.507. The second-order valence-electron chi connectivity index (χ2n) is 4.78. The highest BCUT2D eigenvalue weighted by Crippen LogP contribution is 2.42. The van der Waals surface area contributed by atoms with Crippen LogP contribution in [0.4, 0.5) is 0 Å². The van der Waals surface area contributed by atoms with E-state index in [-0.39, 0.29) is 11.3 Å². The Morgan fingerprint density at radius 3 is 2.53 bits per heavy atom. The third-order valence-corrected chi connectivity index (χ3v) is 3.40. The molecule has 1 atom stereocenters. The average molecular weight is 242 g/mol. The Morgan fingerprint density at radius 1 is 1.47 bits per heavy atom. The maximum Gasteiger partial charge on any atom is 0.328 e. The van der Waals surface area contributed by atoms with E-state index in [2.05, 4.69) is 5.32 Å². The van der Waals surface area contributed by atoms with Crippen molar-refractivity contribution >= 4 is 11.9 Å². The first-order valence-corrected chi connectivity index (χ1v) is 6.19. The van der Waals surface area contributed by atoms with Crippen molar-refractivity contribution in [3.63, 3.8) is 0 Å². The Hall–Kier alpha value is -1.10. The number of nitrogens with two attached hydrogens (primary N) is 1. The number of hydrogen-bond acceptors (Lipinski definition) is 4. The van der Waals surface area contributed by atoms with E-state index in [0.717, 1.165) is 19.3 Å². The Morgan fingerprint density at radius 2 is 2.12 bits per heavy atom. The number of ether oxygens (including phenoxy) is 1. The lowest BCUT2D eigenvalue weighted by Gasteiger charge is -2.40. The molecule has 0 bridgehead atoms. The van der Waals surface area contributed by atoms with Gasteiger partial charge < -0.3 is 15.8 Å². The smallest absolute Gasteiger partial charge is 0.328 e. The number of nitrogens with one attached hydrogen (secondary N) is 1. The summed E-state index contributed by atoms with van der Waals surface area (Å²) in [6.07, 6.45) is 3.56. The number of amides is 1. The average Bonchev–Trinajstić information content (AvgIpc) is 2.23. The molecule has 3 N–H and O–H groups in total. The van der Waals surface area contributed by atoms with Crippen molar-refractivity contribution in [3.8, 4) is 0 Å². The largest absolute Gasteiger partial charge is 0.464 e. The molecule has 0 aromatic heterocycles. The standard InChI is InChI=1S/C12H22N2O3/c1-3-17-11(16)9(2)14-10(15)7-12(8-13)5-4-6-12/h9H,3-8,13H2,1-2H3,(H,14,15). The summed E-state index contributed by atoms with van der Waals surface area (Å²) < 4.78 is 4.82. The molecule has 0 aromatic carbocycles. The van der Waals surface area contributed by atoms with Gasteiger partial charge in [0.1, 0.15) is 6.04 Å². The molecular formula is C12H22N2O3. The third kappa shape index (κ3) is 3.70. The zero-order valence-electron chi connectivity index (χ0n) is 10.6. The Kier molecular flexibility index (Phi) is 4.93. The van der Waals surface area contributed by atoms with Crippen LogP contribution in [0.15, 0.2) is 0 Å². The van der Waals surface area contributed by atoms with Crippen molar-refractivity contribution in [2.75, 3.05) is 13.2 Å². The highest BCUT2D eigenvalue weighted by molar-refractivity contribution is 5.84. The number of rotatable bonds is 6. The maximum absolute atomic E-state index is 11.8. The zero-order valence-corrected chi connectivity index (χ0v) is 10.6. The molecule has 1 aliphatic carbocycles. The highest BCUT2D eigenvalue weighted by atomic mass is 16.5. The van der Waals surface area contributed by atoms with Crippen LogP contribution >= 0.6 is 0 Å². The molecule has 0 heterocycles. The number of carbonyl (C=O) groups excluding carboxylic acids is 2. The van der Waals surface area contributed by atoms with Crippen molar-refractivity contribution in [1.29, 1.82) is 0 Å². The van der Waals surface area contributed by atoms with Crippen LogP contribution in [0, 0.1) is 5.41 Å². The monoisotopic (exact) mass is 242 g/mol. The molecule has 5 nitrogen and oxygen atoms in total. The minimum atomic E-state index is -0.586. The van der Waals surface area contributed by atoms with E-state index in [1.807, 2.05) is 0 Å². The van der Waals surface area contributed by atoms with Gasteiger partial charge in [0.05, 0.1) is 6.61 Å².